The molecule has 1 aliphatic rings. The molecule has 3 nitrogen and oxygen atoms in total. The molecule has 2 aromatic heterocycles. The fourth-order valence-electron chi connectivity index (χ4n) is 6.13. The van der Waals surface area contributed by atoms with Crippen molar-refractivity contribution in [3.8, 4) is 11.1 Å². The summed E-state index contributed by atoms with van der Waals surface area (Å²) in [5.41, 5.74) is 5.67. The Labute approximate surface area is 262 Å². The topological polar surface area (TPSA) is 36.8 Å². The van der Waals surface area contributed by atoms with Gasteiger partial charge in [-0.1, -0.05) is 109 Å². The van der Waals surface area contributed by atoms with Gasteiger partial charge >= 0.3 is 0 Å². The first-order chi connectivity index (χ1) is 21.8. The van der Waals surface area contributed by atoms with E-state index in [4.69, 9.17) is 9.98 Å². The van der Waals surface area contributed by atoms with E-state index in [1.165, 1.54) is 51.5 Å². The van der Waals surface area contributed by atoms with Gasteiger partial charge < -0.3 is 5.32 Å². The fourth-order valence-corrected chi connectivity index (χ4v) is 8.40. The second kappa shape index (κ2) is 10.3. The van der Waals surface area contributed by atoms with Crippen LogP contribution in [0.3, 0.4) is 0 Å². The van der Waals surface area contributed by atoms with Gasteiger partial charge in [0.1, 0.15) is 12.0 Å². The minimum absolute atomic E-state index is 0.211. The molecule has 0 fully saturated rings. The van der Waals surface area contributed by atoms with Gasteiger partial charge in [-0.2, -0.15) is 0 Å². The van der Waals surface area contributed by atoms with Gasteiger partial charge in [-0.05, 0) is 47.0 Å². The third-order valence-corrected chi connectivity index (χ3v) is 10.6. The van der Waals surface area contributed by atoms with Crippen molar-refractivity contribution in [3.63, 3.8) is 0 Å². The lowest BCUT2D eigenvalue weighted by atomic mass is 10.0. The Hall–Kier alpha value is -5.10. The molecule has 9 rings (SSSR count). The Morgan fingerprint density at radius 1 is 0.455 bits per heavy atom. The lowest BCUT2D eigenvalue weighted by molar-refractivity contribution is 0.674. The van der Waals surface area contributed by atoms with Crippen molar-refractivity contribution in [2.24, 2.45) is 9.98 Å². The van der Waals surface area contributed by atoms with Crippen LogP contribution < -0.4 is 5.32 Å². The highest BCUT2D eigenvalue weighted by molar-refractivity contribution is 7.26. The van der Waals surface area contributed by atoms with Crippen LogP contribution in [0.25, 0.3) is 51.5 Å². The van der Waals surface area contributed by atoms with Gasteiger partial charge in [-0.25, -0.2) is 9.98 Å². The molecule has 5 heteroatoms. The zero-order valence-corrected chi connectivity index (χ0v) is 25.2. The molecule has 6 aromatic carbocycles. The summed E-state index contributed by atoms with van der Waals surface area (Å²) in [7, 11) is 0. The molecule has 0 amide bonds. The SMILES string of the molecule is c1ccc(C2=NC(c3ccccc3)NC(c3ccc4c(c3)sc3cc(-c5ccc6sc7ccccc7c6c5)ccc34)=N2)cc1. The van der Waals surface area contributed by atoms with Crippen LogP contribution in [0.4, 0.5) is 0 Å². The molecule has 3 heterocycles. The Bertz CT molecular complexity index is 2420. The standard InChI is InChI=1S/C39H25N3S2/c1-3-9-24(10-4-1)37-40-38(25-11-5-2-6-12-25)42-39(41-37)28-16-19-31-30-18-15-27(22-35(30)44-36(31)23-28)26-17-20-34-32(21-26)29-13-7-8-14-33(29)43-34/h1-23,37H,(H,40,41,42). The highest BCUT2D eigenvalue weighted by Gasteiger charge is 2.21. The van der Waals surface area contributed by atoms with E-state index < -0.39 is 0 Å². The maximum Gasteiger partial charge on any atom is 0.159 e. The third-order valence-electron chi connectivity index (χ3n) is 8.35. The Kier molecular flexibility index (Phi) is 5.93. The number of thiophene rings is 2. The molecule has 1 aliphatic heterocycles. The molecular formula is C39H25N3S2. The van der Waals surface area contributed by atoms with Gasteiger partial charge in [-0.3, -0.25) is 0 Å². The van der Waals surface area contributed by atoms with Gasteiger partial charge in [0.15, 0.2) is 5.84 Å². The first-order valence-corrected chi connectivity index (χ1v) is 16.3. The number of nitrogens with one attached hydrogen (secondary N) is 1. The van der Waals surface area contributed by atoms with Crippen molar-refractivity contribution >= 4 is 74.7 Å². The Balaban J connectivity index is 1.11. The van der Waals surface area contributed by atoms with Gasteiger partial charge in [-0.15, -0.1) is 22.7 Å². The summed E-state index contributed by atoms with van der Waals surface area (Å²) in [5.74, 6) is 1.58. The van der Waals surface area contributed by atoms with Crippen molar-refractivity contribution in [1.82, 2.24) is 5.32 Å². The highest BCUT2D eigenvalue weighted by Crippen LogP contribution is 2.40. The maximum atomic E-state index is 5.02. The summed E-state index contributed by atoms with van der Waals surface area (Å²) >= 11 is 3.70. The monoisotopic (exact) mass is 599 g/mol. The maximum absolute atomic E-state index is 5.02. The molecule has 8 aromatic rings. The summed E-state index contributed by atoms with van der Waals surface area (Å²) < 4.78 is 5.21. The smallest absolute Gasteiger partial charge is 0.159 e. The number of fused-ring (bicyclic) bond motifs is 6. The summed E-state index contributed by atoms with van der Waals surface area (Å²) in [5, 5.41) is 8.83. The van der Waals surface area contributed by atoms with E-state index in [1.807, 2.05) is 46.9 Å². The number of amidine groups is 2. The van der Waals surface area contributed by atoms with Crippen LogP contribution in [0.5, 0.6) is 0 Å². The molecule has 0 bridgehead atoms. The van der Waals surface area contributed by atoms with E-state index >= 15 is 0 Å². The van der Waals surface area contributed by atoms with Crippen LogP contribution >= 0.6 is 22.7 Å². The summed E-state index contributed by atoms with van der Waals surface area (Å²) in [4.78, 5) is 10.0. The van der Waals surface area contributed by atoms with Crippen LogP contribution in [-0.2, 0) is 0 Å². The number of aliphatic imine (C=N–C) groups is 2. The fraction of sp³-hybridized carbons (Fsp3) is 0.0256. The van der Waals surface area contributed by atoms with Gasteiger partial charge in [0.2, 0.25) is 0 Å². The second-order valence-corrected chi connectivity index (χ2v) is 13.2. The van der Waals surface area contributed by atoms with Crippen LogP contribution in [0.2, 0.25) is 0 Å². The van der Waals surface area contributed by atoms with Crippen molar-refractivity contribution in [2.75, 3.05) is 0 Å². The Morgan fingerprint density at radius 3 is 1.86 bits per heavy atom. The predicted molar refractivity (Wildman–Crippen MR) is 189 cm³/mol. The molecular weight excluding hydrogens is 575 g/mol. The van der Waals surface area contributed by atoms with E-state index in [-0.39, 0.29) is 6.17 Å². The van der Waals surface area contributed by atoms with E-state index in [0.29, 0.717) is 0 Å². The molecule has 0 aliphatic carbocycles. The van der Waals surface area contributed by atoms with Crippen molar-refractivity contribution < 1.29 is 0 Å². The Morgan fingerprint density at radius 2 is 1.05 bits per heavy atom. The molecule has 0 saturated carbocycles. The number of nitrogens with zero attached hydrogens (tertiary/aromatic N) is 2. The van der Waals surface area contributed by atoms with Crippen LogP contribution in [-0.4, -0.2) is 11.7 Å². The first kappa shape index (κ1) is 25.4. The average molecular weight is 600 g/mol. The van der Waals surface area contributed by atoms with Crippen LogP contribution in [0.1, 0.15) is 22.9 Å². The number of rotatable bonds is 4. The highest BCUT2D eigenvalue weighted by atomic mass is 32.1. The molecule has 44 heavy (non-hydrogen) atoms. The molecule has 1 unspecified atom stereocenters. The third kappa shape index (κ3) is 4.32. The summed E-state index contributed by atoms with van der Waals surface area (Å²) in [6, 6.07) is 49.7. The van der Waals surface area contributed by atoms with E-state index in [2.05, 4.69) is 121 Å². The predicted octanol–water partition coefficient (Wildman–Crippen LogP) is 10.6. The molecule has 1 atom stereocenters. The molecule has 208 valence electrons. The van der Waals surface area contributed by atoms with Gasteiger partial charge in [0.05, 0.1) is 0 Å². The van der Waals surface area contributed by atoms with E-state index in [1.54, 1.807) is 0 Å². The second-order valence-electron chi connectivity index (χ2n) is 11.1. The summed E-state index contributed by atoms with van der Waals surface area (Å²) in [6.07, 6.45) is -0.211. The van der Waals surface area contributed by atoms with Crippen LogP contribution in [0.15, 0.2) is 150 Å². The van der Waals surface area contributed by atoms with Crippen molar-refractivity contribution in [2.45, 2.75) is 6.17 Å². The quantitative estimate of drug-likeness (QED) is 0.215. The normalized spacial score (nSPS) is 15.0. The van der Waals surface area contributed by atoms with E-state index in [0.717, 1.165) is 28.4 Å². The van der Waals surface area contributed by atoms with Gasteiger partial charge in [0.25, 0.3) is 0 Å². The number of hydrogen-bond donors (Lipinski definition) is 1. The van der Waals surface area contributed by atoms with Crippen LogP contribution in [0, 0.1) is 0 Å². The summed E-state index contributed by atoms with van der Waals surface area (Å²) in [6.45, 7) is 0. The molecule has 0 saturated heterocycles. The zero-order chi connectivity index (χ0) is 29.0. The first-order valence-electron chi connectivity index (χ1n) is 14.7. The zero-order valence-electron chi connectivity index (χ0n) is 23.6. The average Bonchev–Trinajstić information content (AvgIpc) is 3.66. The lowest BCUT2D eigenvalue weighted by Crippen LogP contribution is -2.33. The van der Waals surface area contributed by atoms with E-state index in [9.17, 15) is 0 Å². The van der Waals surface area contributed by atoms with Gasteiger partial charge in [0, 0.05) is 51.5 Å². The van der Waals surface area contributed by atoms with Crippen molar-refractivity contribution in [3.05, 3.63) is 156 Å². The molecule has 0 radical (unpaired) electrons. The lowest BCUT2D eigenvalue weighted by Gasteiger charge is -2.23. The largest absolute Gasteiger partial charge is 0.344 e. The number of benzene rings is 6. The van der Waals surface area contributed by atoms with Crippen molar-refractivity contribution in [1.29, 1.82) is 0 Å². The minimum atomic E-state index is -0.211. The number of hydrogen-bond acceptors (Lipinski definition) is 5. The molecule has 0 spiro atoms. The minimum Gasteiger partial charge on any atom is -0.344 e. The molecule has 1 N–H and O–H groups in total.